The minimum Gasteiger partial charge on any atom is -0.353 e. The highest BCUT2D eigenvalue weighted by molar-refractivity contribution is 5.94. The zero-order chi connectivity index (χ0) is 17.0. The second-order valence-corrected chi connectivity index (χ2v) is 7.12. The summed E-state index contributed by atoms with van der Waals surface area (Å²) >= 11 is 0. The van der Waals surface area contributed by atoms with E-state index in [1.165, 1.54) is 5.56 Å². The van der Waals surface area contributed by atoms with Crippen molar-refractivity contribution in [1.29, 1.82) is 0 Å². The highest BCUT2D eigenvalue weighted by atomic mass is 16.1. The van der Waals surface area contributed by atoms with Gasteiger partial charge >= 0.3 is 0 Å². The van der Waals surface area contributed by atoms with E-state index in [9.17, 15) is 4.79 Å². The van der Waals surface area contributed by atoms with E-state index in [0.29, 0.717) is 6.04 Å². The van der Waals surface area contributed by atoms with Crippen molar-refractivity contribution in [3.05, 3.63) is 59.4 Å². The molecule has 1 aromatic carbocycles. The molecule has 0 aliphatic heterocycles. The zero-order valence-corrected chi connectivity index (χ0v) is 14.9. The summed E-state index contributed by atoms with van der Waals surface area (Å²) in [6.45, 7) is 9.18. The summed E-state index contributed by atoms with van der Waals surface area (Å²) in [5.41, 5.74) is 3.42. The van der Waals surface area contributed by atoms with E-state index >= 15 is 0 Å². The van der Waals surface area contributed by atoms with Crippen molar-refractivity contribution in [3.8, 4) is 0 Å². The van der Waals surface area contributed by atoms with Gasteiger partial charge in [-0.1, -0.05) is 44.2 Å². The number of carbonyl (C=O) groups excluding carboxylic acids is 1. The SMILES string of the molecule is CC(=O)c1cc(CNC(C)CC(C)(C)c2ccccc2)n(C)c1. The number of Topliss-reactive ketones (excluding diaryl/α,β-unsaturated/α-hetero) is 1. The quantitative estimate of drug-likeness (QED) is 0.782. The number of carbonyl (C=O) groups is 1. The number of aromatic nitrogens is 1. The van der Waals surface area contributed by atoms with E-state index in [1.54, 1.807) is 6.92 Å². The molecule has 0 aliphatic rings. The molecule has 0 fully saturated rings. The fourth-order valence-corrected chi connectivity index (χ4v) is 3.10. The van der Waals surface area contributed by atoms with Crippen molar-refractivity contribution in [2.45, 2.75) is 52.1 Å². The molecule has 3 heteroatoms. The van der Waals surface area contributed by atoms with Gasteiger partial charge in [0.1, 0.15) is 0 Å². The van der Waals surface area contributed by atoms with Crippen molar-refractivity contribution >= 4 is 5.78 Å². The van der Waals surface area contributed by atoms with Crippen LogP contribution in [0.3, 0.4) is 0 Å². The minimum atomic E-state index is 0.116. The molecule has 1 aromatic heterocycles. The lowest BCUT2D eigenvalue weighted by Crippen LogP contribution is -2.33. The molecule has 1 unspecified atom stereocenters. The van der Waals surface area contributed by atoms with Crippen LogP contribution in [0.5, 0.6) is 0 Å². The molecular formula is C20H28N2O. The highest BCUT2D eigenvalue weighted by Gasteiger charge is 2.23. The molecule has 2 aromatic rings. The molecule has 2 rings (SSSR count). The first-order chi connectivity index (χ1) is 10.8. The Morgan fingerprint density at radius 2 is 1.91 bits per heavy atom. The van der Waals surface area contributed by atoms with E-state index in [0.717, 1.165) is 24.2 Å². The molecule has 3 nitrogen and oxygen atoms in total. The second kappa shape index (κ2) is 7.14. The number of hydrogen-bond donors (Lipinski definition) is 1. The minimum absolute atomic E-state index is 0.116. The number of hydrogen-bond acceptors (Lipinski definition) is 2. The van der Waals surface area contributed by atoms with Crippen molar-refractivity contribution in [3.63, 3.8) is 0 Å². The van der Waals surface area contributed by atoms with E-state index in [4.69, 9.17) is 0 Å². The smallest absolute Gasteiger partial charge is 0.161 e. The van der Waals surface area contributed by atoms with Crippen molar-refractivity contribution < 1.29 is 4.79 Å². The van der Waals surface area contributed by atoms with Crippen LogP contribution in [-0.4, -0.2) is 16.4 Å². The van der Waals surface area contributed by atoms with Gasteiger partial charge < -0.3 is 9.88 Å². The Bertz CT molecular complexity index is 656. The van der Waals surface area contributed by atoms with Gasteiger partial charge in [0.05, 0.1) is 0 Å². The summed E-state index contributed by atoms with van der Waals surface area (Å²) < 4.78 is 2.03. The number of nitrogens with one attached hydrogen (secondary N) is 1. The summed E-state index contributed by atoms with van der Waals surface area (Å²) in [6, 6.07) is 13.0. The second-order valence-electron chi connectivity index (χ2n) is 7.12. The maximum absolute atomic E-state index is 11.5. The van der Waals surface area contributed by atoms with Crippen LogP contribution < -0.4 is 5.32 Å². The lowest BCUT2D eigenvalue weighted by Gasteiger charge is -2.29. The van der Waals surface area contributed by atoms with Crippen molar-refractivity contribution in [2.24, 2.45) is 7.05 Å². The Morgan fingerprint density at radius 3 is 2.48 bits per heavy atom. The lowest BCUT2D eigenvalue weighted by molar-refractivity contribution is 0.101. The van der Waals surface area contributed by atoms with Crippen LogP contribution in [0, 0.1) is 0 Å². The van der Waals surface area contributed by atoms with Crippen LogP contribution in [0.4, 0.5) is 0 Å². The fourth-order valence-electron chi connectivity index (χ4n) is 3.10. The van der Waals surface area contributed by atoms with Crippen LogP contribution in [-0.2, 0) is 19.0 Å². The van der Waals surface area contributed by atoms with Gasteiger partial charge in [-0.3, -0.25) is 4.79 Å². The molecule has 1 N–H and O–H groups in total. The van der Waals surface area contributed by atoms with E-state index in [-0.39, 0.29) is 11.2 Å². The van der Waals surface area contributed by atoms with Gasteiger partial charge in [-0.15, -0.1) is 0 Å². The molecule has 0 aliphatic carbocycles. The molecule has 0 bridgehead atoms. The first kappa shape index (κ1) is 17.5. The number of nitrogens with zero attached hydrogens (tertiary/aromatic N) is 1. The third-order valence-corrected chi connectivity index (χ3v) is 4.52. The average Bonchev–Trinajstić information content (AvgIpc) is 2.87. The van der Waals surface area contributed by atoms with Crippen LogP contribution in [0.2, 0.25) is 0 Å². The fraction of sp³-hybridized carbons (Fsp3) is 0.450. The molecule has 124 valence electrons. The molecule has 0 saturated heterocycles. The standard InChI is InChI=1S/C20H28N2O/c1-15(12-20(3,4)18-9-7-6-8-10-18)21-13-19-11-17(16(2)23)14-22(19)5/h6-11,14-15,21H,12-13H2,1-5H3. The first-order valence-corrected chi connectivity index (χ1v) is 8.24. The number of ketones is 1. The Balaban J connectivity index is 1.95. The van der Waals surface area contributed by atoms with Gasteiger partial charge in [0.15, 0.2) is 5.78 Å². The molecular weight excluding hydrogens is 284 g/mol. The zero-order valence-electron chi connectivity index (χ0n) is 14.9. The van der Waals surface area contributed by atoms with Gasteiger partial charge in [-0.25, -0.2) is 0 Å². The molecule has 1 atom stereocenters. The summed E-state index contributed by atoms with van der Waals surface area (Å²) in [6.07, 6.45) is 2.96. The number of rotatable bonds is 7. The predicted molar refractivity (Wildman–Crippen MR) is 95.8 cm³/mol. The summed E-state index contributed by atoms with van der Waals surface area (Å²) in [5, 5.41) is 3.59. The van der Waals surface area contributed by atoms with E-state index in [2.05, 4.69) is 56.4 Å². The molecule has 0 amide bonds. The Kier molecular flexibility index (Phi) is 5.42. The number of benzene rings is 1. The van der Waals surface area contributed by atoms with Gasteiger partial charge in [0.2, 0.25) is 0 Å². The summed E-state index contributed by atoms with van der Waals surface area (Å²) in [5.74, 6) is 0.116. The third kappa shape index (κ3) is 4.55. The molecule has 0 radical (unpaired) electrons. The molecule has 0 saturated carbocycles. The monoisotopic (exact) mass is 312 g/mol. The van der Waals surface area contributed by atoms with Crippen LogP contribution in [0.15, 0.2) is 42.6 Å². The highest BCUT2D eigenvalue weighted by Crippen LogP contribution is 2.28. The maximum Gasteiger partial charge on any atom is 0.161 e. The number of aryl methyl sites for hydroxylation is 1. The van der Waals surface area contributed by atoms with Crippen molar-refractivity contribution in [2.75, 3.05) is 0 Å². The average molecular weight is 312 g/mol. The Hall–Kier alpha value is -1.87. The van der Waals surface area contributed by atoms with E-state index < -0.39 is 0 Å². The predicted octanol–water partition coefficient (Wildman–Crippen LogP) is 4.07. The maximum atomic E-state index is 11.5. The van der Waals surface area contributed by atoms with Crippen LogP contribution in [0.25, 0.3) is 0 Å². The molecule has 23 heavy (non-hydrogen) atoms. The Morgan fingerprint density at radius 1 is 1.26 bits per heavy atom. The third-order valence-electron chi connectivity index (χ3n) is 4.52. The van der Waals surface area contributed by atoms with Crippen LogP contribution in [0.1, 0.15) is 55.7 Å². The van der Waals surface area contributed by atoms with E-state index in [1.807, 2.05) is 23.9 Å². The lowest BCUT2D eigenvalue weighted by atomic mass is 9.79. The van der Waals surface area contributed by atoms with Gasteiger partial charge in [0, 0.05) is 37.1 Å². The first-order valence-electron chi connectivity index (χ1n) is 8.24. The van der Waals surface area contributed by atoms with Crippen LogP contribution >= 0.6 is 0 Å². The van der Waals surface area contributed by atoms with Gasteiger partial charge in [-0.2, -0.15) is 0 Å². The Labute approximate surface area is 139 Å². The molecule has 0 spiro atoms. The topological polar surface area (TPSA) is 34.0 Å². The van der Waals surface area contributed by atoms with Gasteiger partial charge in [0.25, 0.3) is 0 Å². The van der Waals surface area contributed by atoms with Crippen molar-refractivity contribution in [1.82, 2.24) is 9.88 Å². The summed E-state index contributed by atoms with van der Waals surface area (Å²) in [7, 11) is 1.99. The molecule has 1 heterocycles. The summed E-state index contributed by atoms with van der Waals surface area (Å²) in [4.78, 5) is 11.5. The van der Waals surface area contributed by atoms with Gasteiger partial charge in [-0.05, 0) is 37.3 Å². The largest absolute Gasteiger partial charge is 0.353 e. The normalized spacial score (nSPS) is 13.1.